The third kappa shape index (κ3) is 3.99. The van der Waals surface area contributed by atoms with E-state index in [9.17, 15) is 9.59 Å². The van der Waals surface area contributed by atoms with Gasteiger partial charge in [0, 0.05) is 27.2 Å². The summed E-state index contributed by atoms with van der Waals surface area (Å²) in [6.45, 7) is 7.51. The second kappa shape index (κ2) is 10.3. The van der Waals surface area contributed by atoms with Crippen LogP contribution in [0.3, 0.4) is 0 Å². The minimum atomic E-state index is -0.864. The van der Waals surface area contributed by atoms with E-state index in [1.807, 2.05) is 52.0 Å². The number of carbonyl (C=O) groups excluding carboxylic acids is 2. The second-order valence-corrected chi connectivity index (χ2v) is 14.2. The van der Waals surface area contributed by atoms with Gasteiger partial charge in [-0.3, -0.25) is 9.59 Å². The Hall–Kier alpha value is -5.94. The predicted molar refractivity (Wildman–Crippen MR) is 201 cm³/mol. The fraction of sp³-hybridized carbons (Fsp3) is 0.136. The van der Waals surface area contributed by atoms with E-state index in [1.54, 1.807) is 0 Å². The summed E-state index contributed by atoms with van der Waals surface area (Å²) in [5, 5.41) is 4.66. The molecule has 0 saturated carbocycles. The van der Waals surface area contributed by atoms with Crippen LogP contribution in [-0.2, 0) is 9.59 Å². The molecule has 0 N–H and O–H groups in total. The Labute approximate surface area is 284 Å². The lowest BCUT2D eigenvalue weighted by atomic mass is 9.70. The van der Waals surface area contributed by atoms with Crippen LogP contribution in [0, 0.1) is 10.8 Å². The van der Waals surface area contributed by atoms with Crippen molar-refractivity contribution in [2.24, 2.45) is 10.8 Å². The minimum Gasteiger partial charge on any atom is -0.309 e. The van der Waals surface area contributed by atoms with Crippen LogP contribution in [0.25, 0.3) is 66.1 Å². The van der Waals surface area contributed by atoms with Crippen LogP contribution >= 0.6 is 0 Å². The van der Waals surface area contributed by atoms with E-state index >= 15 is 0 Å². The molecular weight excluding hydrogens is 603 g/mol. The number of amides is 2. The molecule has 1 saturated heterocycles. The van der Waals surface area contributed by atoms with Crippen molar-refractivity contribution in [1.82, 2.24) is 9.13 Å². The summed E-state index contributed by atoms with van der Waals surface area (Å²) >= 11 is 0. The largest absolute Gasteiger partial charge is 0.309 e. The molecule has 2 aromatic heterocycles. The van der Waals surface area contributed by atoms with E-state index in [-0.39, 0.29) is 11.8 Å². The topological polar surface area (TPSA) is 47.2 Å². The molecule has 5 heteroatoms. The number of carbonyl (C=O) groups is 2. The highest BCUT2D eigenvalue weighted by molar-refractivity contribution is 6.26. The number of rotatable bonds is 4. The summed E-state index contributed by atoms with van der Waals surface area (Å²) in [5.41, 5.74) is 7.05. The van der Waals surface area contributed by atoms with Crippen molar-refractivity contribution in [2.75, 3.05) is 4.90 Å². The zero-order valence-electron chi connectivity index (χ0n) is 27.9. The zero-order valence-corrected chi connectivity index (χ0v) is 27.9. The predicted octanol–water partition coefficient (Wildman–Crippen LogP) is 10.5. The average Bonchev–Trinajstić information content (AvgIpc) is 3.68. The standard InChI is InChI=1S/C44H35N3O2/c1-43(2)41(48)47(42(49)44(43,3)4)39-25-24-29(27-40(39)46-37-22-11-7-18-33(37)34-19-8-12-23-38(34)46)28-14-13-15-30(26-28)45-35-20-9-5-16-31(35)32-17-6-10-21-36(32)45/h5-27H,1-4H3. The maximum Gasteiger partial charge on any atom is 0.240 e. The molecular formula is C44H35N3O2. The first-order chi connectivity index (χ1) is 23.7. The average molecular weight is 638 g/mol. The van der Waals surface area contributed by atoms with Crippen LogP contribution in [0.4, 0.5) is 5.69 Å². The fourth-order valence-electron chi connectivity index (χ4n) is 7.68. The Morgan fingerprint density at radius 1 is 0.408 bits per heavy atom. The number of anilines is 1. The van der Waals surface area contributed by atoms with E-state index in [0.29, 0.717) is 5.69 Å². The molecule has 6 aromatic carbocycles. The number of hydrogen-bond acceptors (Lipinski definition) is 2. The molecule has 2 amide bonds. The first kappa shape index (κ1) is 29.2. The van der Waals surface area contributed by atoms with Gasteiger partial charge in [0.1, 0.15) is 0 Å². The quantitative estimate of drug-likeness (QED) is 0.180. The van der Waals surface area contributed by atoms with Crippen LogP contribution in [0.5, 0.6) is 0 Å². The van der Waals surface area contributed by atoms with Gasteiger partial charge in [0.25, 0.3) is 0 Å². The Bertz CT molecular complexity index is 2540. The third-order valence-electron chi connectivity index (χ3n) is 11.1. The Kier molecular flexibility index (Phi) is 6.13. The molecule has 0 unspecified atom stereocenters. The van der Waals surface area contributed by atoms with Gasteiger partial charge in [-0.15, -0.1) is 0 Å². The van der Waals surface area contributed by atoms with Gasteiger partial charge in [0.2, 0.25) is 11.8 Å². The number of fused-ring (bicyclic) bond motifs is 6. The molecule has 8 aromatic rings. The van der Waals surface area contributed by atoms with Crippen LogP contribution < -0.4 is 4.90 Å². The number of benzene rings is 6. The lowest BCUT2D eigenvalue weighted by Gasteiger charge is -2.28. The Morgan fingerprint density at radius 3 is 1.33 bits per heavy atom. The van der Waals surface area contributed by atoms with Gasteiger partial charge in [-0.05, 0) is 87.4 Å². The van der Waals surface area contributed by atoms with Gasteiger partial charge < -0.3 is 9.13 Å². The molecule has 1 fully saturated rings. The first-order valence-corrected chi connectivity index (χ1v) is 16.8. The summed E-state index contributed by atoms with van der Waals surface area (Å²) in [6.07, 6.45) is 0. The maximum absolute atomic E-state index is 14.1. The summed E-state index contributed by atoms with van der Waals surface area (Å²) in [6, 6.07) is 48.4. The lowest BCUT2D eigenvalue weighted by Crippen LogP contribution is -2.35. The number of hydrogen-bond donors (Lipinski definition) is 0. The van der Waals surface area contributed by atoms with Crippen molar-refractivity contribution in [1.29, 1.82) is 0 Å². The van der Waals surface area contributed by atoms with Gasteiger partial charge >= 0.3 is 0 Å². The van der Waals surface area contributed by atoms with E-state index in [4.69, 9.17) is 0 Å². The zero-order chi connectivity index (χ0) is 33.7. The Balaban J connectivity index is 1.30. The lowest BCUT2D eigenvalue weighted by molar-refractivity contribution is -0.129. The summed E-state index contributed by atoms with van der Waals surface area (Å²) in [7, 11) is 0. The molecule has 49 heavy (non-hydrogen) atoms. The smallest absolute Gasteiger partial charge is 0.240 e. The highest BCUT2D eigenvalue weighted by Gasteiger charge is 2.60. The molecule has 0 aliphatic carbocycles. The van der Waals surface area contributed by atoms with Crippen LogP contribution in [0.2, 0.25) is 0 Å². The summed E-state index contributed by atoms with van der Waals surface area (Å²) in [5.74, 6) is -0.378. The number of aromatic nitrogens is 2. The number of nitrogens with zero attached hydrogens (tertiary/aromatic N) is 3. The first-order valence-electron chi connectivity index (χ1n) is 16.8. The normalized spacial score (nSPS) is 15.7. The molecule has 0 spiro atoms. The van der Waals surface area contributed by atoms with E-state index in [0.717, 1.165) is 55.3 Å². The van der Waals surface area contributed by atoms with Gasteiger partial charge in [-0.25, -0.2) is 4.90 Å². The number of para-hydroxylation sites is 4. The Morgan fingerprint density at radius 2 is 0.837 bits per heavy atom. The van der Waals surface area contributed by atoms with Gasteiger partial charge in [0.15, 0.2) is 0 Å². The fourth-order valence-corrected chi connectivity index (χ4v) is 7.68. The molecule has 1 aliphatic heterocycles. The summed E-state index contributed by atoms with van der Waals surface area (Å²) < 4.78 is 4.53. The molecule has 9 rings (SSSR count). The van der Waals surface area contributed by atoms with E-state index in [1.165, 1.54) is 15.7 Å². The third-order valence-corrected chi connectivity index (χ3v) is 11.1. The molecule has 238 valence electrons. The van der Waals surface area contributed by atoms with Crippen LogP contribution in [0.1, 0.15) is 27.7 Å². The van der Waals surface area contributed by atoms with Crippen molar-refractivity contribution in [2.45, 2.75) is 27.7 Å². The van der Waals surface area contributed by atoms with Crippen molar-refractivity contribution >= 4 is 61.1 Å². The van der Waals surface area contributed by atoms with Crippen LogP contribution in [0.15, 0.2) is 140 Å². The second-order valence-electron chi connectivity index (χ2n) is 14.2. The van der Waals surface area contributed by atoms with E-state index < -0.39 is 10.8 Å². The van der Waals surface area contributed by atoms with Gasteiger partial charge in [-0.1, -0.05) is 91.0 Å². The molecule has 0 bridgehead atoms. The van der Waals surface area contributed by atoms with E-state index in [2.05, 4.69) is 124 Å². The van der Waals surface area contributed by atoms with Crippen LogP contribution in [-0.4, -0.2) is 20.9 Å². The molecule has 0 radical (unpaired) electrons. The van der Waals surface area contributed by atoms with Crippen molar-refractivity contribution < 1.29 is 9.59 Å². The monoisotopic (exact) mass is 637 g/mol. The van der Waals surface area contributed by atoms with Crippen molar-refractivity contribution in [3.05, 3.63) is 140 Å². The highest BCUT2D eigenvalue weighted by Crippen LogP contribution is 2.50. The molecule has 0 atom stereocenters. The SMILES string of the molecule is CC1(C)C(=O)N(c2ccc(-c3cccc(-n4c5ccccc5c5ccccc54)c3)cc2-n2c3ccccc3c3ccccc32)C(=O)C1(C)C. The van der Waals surface area contributed by atoms with Gasteiger partial charge in [0.05, 0.1) is 44.3 Å². The van der Waals surface area contributed by atoms with Gasteiger partial charge in [-0.2, -0.15) is 0 Å². The molecule has 1 aliphatic rings. The van der Waals surface area contributed by atoms with Crippen molar-refractivity contribution in [3.63, 3.8) is 0 Å². The van der Waals surface area contributed by atoms with Crippen molar-refractivity contribution in [3.8, 4) is 22.5 Å². The minimum absolute atomic E-state index is 0.189. The molecule has 5 nitrogen and oxygen atoms in total. The highest BCUT2D eigenvalue weighted by atomic mass is 16.2. The molecule has 3 heterocycles. The summed E-state index contributed by atoms with van der Waals surface area (Å²) in [4.78, 5) is 29.7. The maximum atomic E-state index is 14.1. The number of imide groups is 1.